The fourth-order valence-electron chi connectivity index (χ4n) is 4.53. The molecule has 0 bridgehead atoms. The Morgan fingerprint density at radius 2 is 2.03 bits per heavy atom. The summed E-state index contributed by atoms with van der Waals surface area (Å²) in [6.45, 7) is 5.38. The Bertz CT molecular complexity index is 793. The first-order valence-electron chi connectivity index (χ1n) is 10.7. The van der Waals surface area contributed by atoms with E-state index in [9.17, 15) is 29.8 Å². The van der Waals surface area contributed by atoms with Crippen molar-refractivity contribution in [3.05, 3.63) is 10.6 Å². The van der Waals surface area contributed by atoms with Gasteiger partial charge in [0.25, 0.3) is 5.91 Å². The molecule has 1 unspecified atom stereocenters. The number of nitrogens with one attached hydrogen (secondary N) is 1. The van der Waals surface area contributed by atoms with Gasteiger partial charge < -0.3 is 25.5 Å². The first-order chi connectivity index (χ1) is 15.1. The van der Waals surface area contributed by atoms with Crippen LogP contribution in [0.1, 0.15) is 27.2 Å². The number of hydroxylamine groups is 2. The van der Waals surface area contributed by atoms with Gasteiger partial charge in [-0.05, 0) is 20.3 Å². The number of fused-ring (bicyclic) bond motifs is 1. The topological polar surface area (TPSA) is 151 Å². The molecule has 3 heterocycles. The molecule has 3 rings (SSSR count). The summed E-state index contributed by atoms with van der Waals surface area (Å²) < 4.78 is 0. The van der Waals surface area contributed by atoms with Crippen LogP contribution >= 0.6 is 23.5 Å². The number of carbonyl (C=O) groups excluding carboxylic acids is 2. The highest BCUT2D eigenvalue weighted by molar-refractivity contribution is 8.03. The van der Waals surface area contributed by atoms with Gasteiger partial charge in [-0.25, -0.2) is 9.86 Å². The number of aliphatic hydroxyl groups excluding tert-OH is 2. The highest BCUT2D eigenvalue weighted by atomic mass is 32.2. The number of thioether (sulfide) groups is 2. The van der Waals surface area contributed by atoms with Gasteiger partial charge in [-0.2, -0.15) is 11.8 Å². The number of aliphatic carboxylic acids is 1. The molecule has 2 amide bonds. The monoisotopic (exact) mass is 489 g/mol. The number of rotatable bonds is 10. The minimum atomic E-state index is -1.12. The Morgan fingerprint density at radius 3 is 2.62 bits per heavy atom. The molecule has 180 valence electrons. The van der Waals surface area contributed by atoms with Crippen molar-refractivity contribution in [3.8, 4) is 0 Å². The summed E-state index contributed by atoms with van der Waals surface area (Å²) in [6.07, 6.45) is -0.0402. The Kier molecular flexibility index (Phi) is 8.16. The smallest absolute Gasteiger partial charge is 0.353 e. The first kappa shape index (κ1) is 25.3. The summed E-state index contributed by atoms with van der Waals surface area (Å²) in [5.41, 5.74) is 0.0406. The van der Waals surface area contributed by atoms with Gasteiger partial charge in [-0.15, -0.1) is 11.8 Å². The van der Waals surface area contributed by atoms with E-state index in [1.54, 1.807) is 13.8 Å². The van der Waals surface area contributed by atoms with Crippen LogP contribution < -0.4 is 5.32 Å². The van der Waals surface area contributed by atoms with E-state index in [0.29, 0.717) is 22.3 Å². The maximum absolute atomic E-state index is 12.4. The van der Waals surface area contributed by atoms with Gasteiger partial charge >= 0.3 is 5.97 Å². The van der Waals surface area contributed by atoms with Crippen LogP contribution in [0.15, 0.2) is 10.6 Å². The van der Waals surface area contributed by atoms with Gasteiger partial charge in [0, 0.05) is 34.4 Å². The molecule has 2 fully saturated rings. The molecule has 0 aliphatic carbocycles. The molecule has 12 heteroatoms. The minimum absolute atomic E-state index is 0.0406. The van der Waals surface area contributed by atoms with Crippen molar-refractivity contribution in [2.45, 2.75) is 56.7 Å². The third-order valence-electron chi connectivity index (χ3n) is 6.27. The Labute approximate surface area is 195 Å². The van der Waals surface area contributed by atoms with E-state index < -0.39 is 29.9 Å². The average Bonchev–Trinajstić information content (AvgIpc) is 3.27. The molecule has 2 saturated heterocycles. The maximum atomic E-state index is 12.4. The molecule has 10 nitrogen and oxygen atoms in total. The Morgan fingerprint density at radius 1 is 1.34 bits per heavy atom. The van der Waals surface area contributed by atoms with E-state index in [2.05, 4.69) is 5.32 Å². The predicted molar refractivity (Wildman–Crippen MR) is 120 cm³/mol. The lowest BCUT2D eigenvalue weighted by molar-refractivity contribution is -0.174. The number of hydrogen-bond donors (Lipinski definition) is 5. The van der Waals surface area contributed by atoms with Crippen LogP contribution in [0.3, 0.4) is 0 Å². The number of carboxylic acids is 1. The number of nitrogens with zero attached hydrogens (tertiary/aromatic N) is 2. The van der Waals surface area contributed by atoms with Crippen LogP contribution in [0.2, 0.25) is 0 Å². The summed E-state index contributed by atoms with van der Waals surface area (Å²) in [7, 11) is 0. The molecular formula is C20H31N3O7S2. The molecule has 3 aliphatic rings. The summed E-state index contributed by atoms with van der Waals surface area (Å²) >= 11 is 2.88. The van der Waals surface area contributed by atoms with Crippen molar-refractivity contribution < 1.29 is 34.9 Å². The Balaban J connectivity index is 1.54. The van der Waals surface area contributed by atoms with E-state index in [0.717, 1.165) is 6.42 Å². The molecule has 0 saturated carbocycles. The average molecular weight is 490 g/mol. The molecule has 0 aromatic rings. The molecule has 32 heavy (non-hydrogen) atoms. The zero-order valence-electron chi connectivity index (χ0n) is 18.3. The van der Waals surface area contributed by atoms with Crippen molar-refractivity contribution in [3.63, 3.8) is 0 Å². The minimum Gasteiger partial charge on any atom is -0.477 e. The molecular weight excluding hydrogens is 458 g/mol. The van der Waals surface area contributed by atoms with Gasteiger partial charge in [0.1, 0.15) is 5.70 Å². The van der Waals surface area contributed by atoms with Crippen LogP contribution in [-0.4, -0.2) is 102 Å². The van der Waals surface area contributed by atoms with Gasteiger partial charge in [0.15, 0.2) is 0 Å². The summed E-state index contributed by atoms with van der Waals surface area (Å²) in [6, 6.07) is -0.822. The van der Waals surface area contributed by atoms with Crippen molar-refractivity contribution in [2.24, 2.45) is 11.8 Å². The number of carbonyl (C=O) groups is 3. The van der Waals surface area contributed by atoms with Crippen LogP contribution in [0.25, 0.3) is 0 Å². The van der Waals surface area contributed by atoms with Gasteiger partial charge in [0.05, 0.1) is 36.5 Å². The van der Waals surface area contributed by atoms with Crippen molar-refractivity contribution in [1.82, 2.24) is 15.3 Å². The second-order valence-electron chi connectivity index (χ2n) is 8.64. The van der Waals surface area contributed by atoms with Crippen LogP contribution in [0.4, 0.5) is 0 Å². The van der Waals surface area contributed by atoms with Crippen LogP contribution in [0, 0.1) is 11.8 Å². The zero-order valence-corrected chi connectivity index (χ0v) is 19.9. The van der Waals surface area contributed by atoms with E-state index in [-0.39, 0.29) is 47.2 Å². The fourth-order valence-corrected chi connectivity index (χ4v) is 7.02. The van der Waals surface area contributed by atoms with E-state index >= 15 is 0 Å². The second kappa shape index (κ2) is 10.3. The number of aliphatic hydroxyl groups is 2. The summed E-state index contributed by atoms with van der Waals surface area (Å²) in [4.78, 5) is 38.3. The van der Waals surface area contributed by atoms with Gasteiger partial charge in [0.2, 0.25) is 5.91 Å². The van der Waals surface area contributed by atoms with Crippen LogP contribution in [0.5, 0.6) is 0 Å². The third-order valence-corrected chi connectivity index (χ3v) is 8.87. The number of hydrogen-bond acceptors (Lipinski definition) is 9. The molecule has 5 N–H and O–H groups in total. The van der Waals surface area contributed by atoms with E-state index in [1.807, 2.05) is 6.92 Å². The molecule has 7 atom stereocenters. The normalized spacial score (nSPS) is 31.4. The van der Waals surface area contributed by atoms with Crippen molar-refractivity contribution in [1.29, 1.82) is 0 Å². The molecule has 0 aromatic heterocycles. The SMILES string of the molecule is CC(CO)N(O)C(=O)CSC[C@@H]1C[C@H](SC2=C(C(=O)O)N3C(=O)[C@H]([C@@H](C)O)[C@H]3[C@H]2C)CN1. The summed E-state index contributed by atoms with van der Waals surface area (Å²) in [5.74, 6) is -1.88. The molecule has 0 spiro atoms. The number of amides is 2. The molecule has 0 radical (unpaired) electrons. The standard InChI is InChI=1S/C20H31N3O7S2/c1-9(6-24)23(30)14(26)8-31-7-12-4-13(5-21-12)32-18-10(2)16-15(11(3)25)19(27)22(16)17(18)20(28)29/h9-13,15-16,21,24-25,30H,4-8H2,1-3H3,(H,28,29)/t9?,10-,11-,12+,13+,15-,16-/m1/s1. The largest absolute Gasteiger partial charge is 0.477 e. The maximum Gasteiger partial charge on any atom is 0.353 e. The van der Waals surface area contributed by atoms with Gasteiger partial charge in [-0.1, -0.05) is 6.92 Å². The first-order valence-corrected chi connectivity index (χ1v) is 12.7. The second-order valence-corrected chi connectivity index (χ2v) is 11.0. The lowest BCUT2D eigenvalue weighted by Crippen LogP contribution is -2.63. The lowest BCUT2D eigenvalue weighted by atomic mass is 9.79. The third kappa shape index (κ3) is 4.80. The van der Waals surface area contributed by atoms with Crippen molar-refractivity contribution in [2.75, 3.05) is 24.7 Å². The van der Waals surface area contributed by atoms with E-state index in [1.165, 1.54) is 28.4 Å². The highest BCUT2D eigenvalue weighted by Crippen LogP contribution is 2.51. The zero-order chi connectivity index (χ0) is 23.7. The van der Waals surface area contributed by atoms with E-state index in [4.69, 9.17) is 5.11 Å². The fraction of sp³-hybridized carbons (Fsp3) is 0.750. The van der Waals surface area contributed by atoms with Crippen LogP contribution in [-0.2, 0) is 14.4 Å². The van der Waals surface area contributed by atoms with Gasteiger partial charge in [-0.3, -0.25) is 14.8 Å². The highest BCUT2D eigenvalue weighted by Gasteiger charge is 2.60. The Hall–Kier alpha value is -1.31. The quantitative estimate of drug-likeness (QED) is 0.160. The summed E-state index contributed by atoms with van der Waals surface area (Å²) in [5, 5.41) is 42.5. The van der Waals surface area contributed by atoms with Crippen molar-refractivity contribution >= 4 is 41.3 Å². The number of β-lactam (4-membered cyclic amide) rings is 1. The molecule has 3 aliphatic heterocycles. The molecule has 0 aromatic carbocycles. The predicted octanol–water partition coefficient (Wildman–Crippen LogP) is -0.0644. The lowest BCUT2D eigenvalue weighted by Gasteiger charge is -2.46. The number of carboxylic acid groups (broad SMARTS) is 1.